The minimum atomic E-state index is 1.40. The van der Waals surface area contributed by atoms with Gasteiger partial charge in [-0.25, -0.2) is 0 Å². The normalized spacial score (nSPS) is 12.4. The first-order chi connectivity index (χ1) is 8.93. The standard InChI is InChI=1S/C18H10/c1-2-6-12-11(5-1)15-9-17-13-7-3-4-8-14(13)18(17)10-16(12)15/h1-10H. The lowest BCUT2D eigenvalue weighted by Crippen LogP contribution is -1.89. The maximum absolute atomic E-state index is 2.36. The van der Waals surface area contributed by atoms with E-state index in [9.17, 15) is 0 Å². The molecule has 0 heteroatoms. The molecule has 0 aliphatic rings. The van der Waals surface area contributed by atoms with Gasteiger partial charge in [0.1, 0.15) is 0 Å². The third kappa shape index (κ3) is 0.820. The molecule has 5 aromatic rings. The monoisotopic (exact) mass is 226 g/mol. The van der Waals surface area contributed by atoms with Crippen LogP contribution >= 0.6 is 0 Å². The number of fused-ring (bicyclic) bond motifs is 8. The summed E-state index contributed by atoms with van der Waals surface area (Å²) < 4.78 is 0. The first-order valence-electron chi connectivity index (χ1n) is 6.31. The van der Waals surface area contributed by atoms with Crippen LogP contribution in [-0.4, -0.2) is 0 Å². The molecule has 0 spiro atoms. The topological polar surface area (TPSA) is 0 Å². The molecule has 5 aromatic carbocycles. The van der Waals surface area contributed by atoms with Crippen molar-refractivity contribution in [2.24, 2.45) is 0 Å². The predicted octanol–water partition coefficient (Wildman–Crippen LogP) is 5.18. The molecule has 0 heterocycles. The maximum Gasteiger partial charge on any atom is -0.00923 e. The van der Waals surface area contributed by atoms with Gasteiger partial charge in [-0.15, -0.1) is 0 Å². The Morgan fingerprint density at radius 3 is 0.889 bits per heavy atom. The second-order valence-corrected chi connectivity index (χ2v) is 5.03. The van der Waals surface area contributed by atoms with Crippen molar-refractivity contribution in [2.75, 3.05) is 0 Å². The fourth-order valence-electron chi connectivity index (χ4n) is 3.27. The van der Waals surface area contributed by atoms with Crippen LogP contribution in [0.5, 0.6) is 0 Å². The minimum absolute atomic E-state index is 1.40. The van der Waals surface area contributed by atoms with E-state index in [1.54, 1.807) is 0 Å². The Bertz CT molecular complexity index is 845. The molecule has 0 aromatic heterocycles. The van der Waals surface area contributed by atoms with Crippen molar-refractivity contribution in [1.82, 2.24) is 0 Å². The van der Waals surface area contributed by atoms with Gasteiger partial charge in [-0.2, -0.15) is 0 Å². The van der Waals surface area contributed by atoms with E-state index in [1.807, 2.05) is 0 Å². The van der Waals surface area contributed by atoms with Crippen molar-refractivity contribution >= 4 is 43.1 Å². The van der Waals surface area contributed by atoms with Gasteiger partial charge in [-0.05, 0) is 55.2 Å². The van der Waals surface area contributed by atoms with Crippen LogP contribution in [0.15, 0.2) is 60.7 Å². The SMILES string of the molecule is c1ccc2c(c1)c1cc3c4ccccc4c3cc21. The van der Waals surface area contributed by atoms with E-state index in [4.69, 9.17) is 0 Å². The summed E-state index contributed by atoms with van der Waals surface area (Å²) in [5, 5.41) is 11.3. The molecule has 0 saturated carbocycles. The first-order valence-corrected chi connectivity index (χ1v) is 6.31. The van der Waals surface area contributed by atoms with Crippen molar-refractivity contribution in [3.8, 4) is 0 Å². The molecule has 0 N–H and O–H groups in total. The zero-order chi connectivity index (χ0) is 11.7. The molecular weight excluding hydrogens is 216 g/mol. The summed E-state index contributed by atoms with van der Waals surface area (Å²) in [5.74, 6) is 0. The Labute approximate surface area is 104 Å². The molecule has 0 aliphatic heterocycles. The van der Waals surface area contributed by atoms with Crippen LogP contribution in [0, 0.1) is 0 Å². The van der Waals surface area contributed by atoms with Gasteiger partial charge < -0.3 is 0 Å². The average molecular weight is 226 g/mol. The van der Waals surface area contributed by atoms with E-state index in [2.05, 4.69) is 60.7 Å². The third-order valence-electron chi connectivity index (χ3n) is 4.17. The van der Waals surface area contributed by atoms with Crippen LogP contribution in [0.4, 0.5) is 0 Å². The number of hydrogen-bond acceptors (Lipinski definition) is 0. The van der Waals surface area contributed by atoms with E-state index in [-0.39, 0.29) is 0 Å². The highest BCUT2D eigenvalue weighted by Gasteiger charge is 2.14. The van der Waals surface area contributed by atoms with Crippen LogP contribution in [0.1, 0.15) is 0 Å². The average Bonchev–Trinajstić information content (AvgIpc) is 2.41. The molecule has 0 fully saturated rings. The van der Waals surface area contributed by atoms with Crippen molar-refractivity contribution < 1.29 is 0 Å². The van der Waals surface area contributed by atoms with E-state index < -0.39 is 0 Å². The molecule has 0 atom stereocenters. The fraction of sp³-hybridized carbons (Fsp3) is 0. The Morgan fingerprint density at radius 1 is 0.333 bits per heavy atom. The molecule has 0 radical (unpaired) electrons. The van der Waals surface area contributed by atoms with Gasteiger partial charge in [0.2, 0.25) is 0 Å². The molecule has 5 rings (SSSR count). The highest BCUT2D eigenvalue weighted by atomic mass is 14.2. The van der Waals surface area contributed by atoms with Crippen LogP contribution in [0.3, 0.4) is 0 Å². The van der Waals surface area contributed by atoms with Gasteiger partial charge in [0.25, 0.3) is 0 Å². The third-order valence-corrected chi connectivity index (χ3v) is 4.17. The lowest BCUT2D eigenvalue weighted by molar-refractivity contribution is 1.79. The van der Waals surface area contributed by atoms with Crippen molar-refractivity contribution in [1.29, 1.82) is 0 Å². The Morgan fingerprint density at radius 2 is 0.611 bits per heavy atom. The van der Waals surface area contributed by atoms with E-state index >= 15 is 0 Å². The molecular formula is C18H10. The van der Waals surface area contributed by atoms with E-state index in [1.165, 1.54) is 43.1 Å². The van der Waals surface area contributed by atoms with Gasteiger partial charge in [0.15, 0.2) is 0 Å². The summed E-state index contributed by atoms with van der Waals surface area (Å²) >= 11 is 0. The lowest BCUT2D eigenvalue weighted by Gasteiger charge is -2.17. The second-order valence-electron chi connectivity index (χ2n) is 5.03. The van der Waals surface area contributed by atoms with Crippen molar-refractivity contribution in [2.45, 2.75) is 0 Å². The largest absolute Gasteiger partial charge is 0.0616 e. The van der Waals surface area contributed by atoms with Gasteiger partial charge in [-0.3, -0.25) is 0 Å². The zero-order valence-corrected chi connectivity index (χ0v) is 9.77. The van der Waals surface area contributed by atoms with Crippen LogP contribution in [0.25, 0.3) is 43.1 Å². The van der Waals surface area contributed by atoms with Gasteiger partial charge in [0, 0.05) is 0 Å². The quantitative estimate of drug-likeness (QED) is 0.341. The molecule has 0 bridgehead atoms. The molecule has 82 valence electrons. The van der Waals surface area contributed by atoms with E-state index in [0.29, 0.717) is 0 Å². The number of benzene rings is 3. The summed E-state index contributed by atoms with van der Waals surface area (Å²) in [5.41, 5.74) is 0. The summed E-state index contributed by atoms with van der Waals surface area (Å²) in [4.78, 5) is 0. The molecule has 0 amide bonds. The highest BCUT2D eigenvalue weighted by Crippen LogP contribution is 2.43. The van der Waals surface area contributed by atoms with Crippen molar-refractivity contribution in [3.63, 3.8) is 0 Å². The summed E-state index contributed by atoms with van der Waals surface area (Å²) in [7, 11) is 0. The number of rotatable bonds is 0. The van der Waals surface area contributed by atoms with Gasteiger partial charge in [0.05, 0.1) is 0 Å². The second kappa shape index (κ2) is 2.73. The smallest absolute Gasteiger partial charge is 0.00923 e. The maximum atomic E-state index is 2.36. The molecule has 0 nitrogen and oxygen atoms in total. The van der Waals surface area contributed by atoms with Gasteiger partial charge in [-0.1, -0.05) is 48.5 Å². The first kappa shape index (κ1) is 8.71. The molecule has 0 saturated heterocycles. The summed E-state index contributed by atoms with van der Waals surface area (Å²) in [6, 6.07) is 22.1. The molecule has 0 aliphatic carbocycles. The Hall–Kier alpha value is -2.34. The molecule has 18 heavy (non-hydrogen) atoms. The fourth-order valence-corrected chi connectivity index (χ4v) is 3.27. The van der Waals surface area contributed by atoms with Crippen molar-refractivity contribution in [3.05, 3.63) is 60.7 Å². The molecule has 0 unspecified atom stereocenters. The zero-order valence-electron chi connectivity index (χ0n) is 9.77. The Balaban J connectivity index is 2.03. The van der Waals surface area contributed by atoms with Crippen LogP contribution in [0.2, 0.25) is 0 Å². The van der Waals surface area contributed by atoms with E-state index in [0.717, 1.165) is 0 Å². The predicted molar refractivity (Wildman–Crippen MR) is 78.8 cm³/mol. The van der Waals surface area contributed by atoms with Gasteiger partial charge >= 0.3 is 0 Å². The minimum Gasteiger partial charge on any atom is -0.0616 e. The lowest BCUT2D eigenvalue weighted by atomic mass is 9.86. The van der Waals surface area contributed by atoms with Crippen LogP contribution in [-0.2, 0) is 0 Å². The summed E-state index contributed by atoms with van der Waals surface area (Å²) in [6.45, 7) is 0. The Kier molecular flexibility index (Phi) is 1.32. The number of hydrogen-bond donors (Lipinski definition) is 0. The summed E-state index contributed by atoms with van der Waals surface area (Å²) in [6.07, 6.45) is 0. The highest BCUT2D eigenvalue weighted by molar-refractivity contribution is 6.34. The van der Waals surface area contributed by atoms with Crippen LogP contribution < -0.4 is 0 Å².